The summed E-state index contributed by atoms with van der Waals surface area (Å²) in [5.41, 5.74) is 1.46. The van der Waals surface area contributed by atoms with Crippen molar-refractivity contribution in [2.24, 2.45) is 0 Å². The first kappa shape index (κ1) is 19.8. The van der Waals surface area contributed by atoms with Gasteiger partial charge in [0.25, 0.3) is 11.8 Å². The van der Waals surface area contributed by atoms with Gasteiger partial charge in [-0.25, -0.2) is 4.79 Å². The van der Waals surface area contributed by atoms with Gasteiger partial charge in [0, 0.05) is 6.54 Å². The average Bonchev–Trinajstić information content (AvgIpc) is 3.37. The molecule has 0 saturated heterocycles. The van der Waals surface area contributed by atoms with Crippen LogP contribution in [0.3, 0.4) is 0 Å². The van der Waals surface area contributed by atoms with Gasteiger partial charge in [-0.2, -0.15) is 0 Å². The van der Waals surface area contributed by atoms with Crippen molar-refractivity contribution in [1.82, 2.24) is 15.1 Å². The van der Waals surface area contributed by atoms with Gasteiger partial charge < -0.3 is 14.1 Å². The van der Waals surface area contributed by atoms with Crippen molar-refractivity contribution in [2.75, 3.05) is 13.2 Å². The molecule has 0 aliphatic rings. The number of benzene rings is 1. The number of nitrogens with zero attached hydrogens (tertiary/aromatic N) is 3. The van der Waals surface area contributed by atoms with Crippen molar-refractivity contribution < 1.29 is 18.7 Å². The van der Waals surface area contributed by atoms with E-state index in [1.807, 2.05) is 43.5 Å². The number of rotatable bonds is 8. The lowest BCUT2D eigenvalue weighted by molar-refractivity contribution is -0.135. The Bertz CT molecular complexity index is 919. The molecule has 0 spiro atoms. The topological polar surface area (TPSA) is 85.5 Å². The molecule has 2 aromatic heterocycles. The van der Waals surface area contributed by atoms with Crippen LogP contribution in [0.5, 0.6) is 0 Å². The number of thiophene rings is 1. The molecule has 28 heavy (non-hydrogen) atoms. The molecule has 1 amide bonds. The maximum absolute atomic E-state index is 12.5. The molecule has 0 bridgehead atoms. The Balaban J connectivity index is 1.59. The summed E-state index contributed by atoms with van der Waals surface area (Å²) in [5.74, 6) is -0.0597. The fraction of sp³-hybridized carbons (Fsp3) is 0.300. The number of amides is 1. The van der Waals surface area contributed by atoms with Gasteiger partial charge in [-0.3, -0.25) is 4.79 Å². The molecule has 0 atom stereocenters. The minimum Gasteiger partial charge on any atom is -0.452 e. The van der Waals surface area contributed by atoms with Gasteiger partial charge in [0.1, 0.15) is 0 Å². The van der Waals surface area contributed by atoms with Crippen molar-refractivity contribution in [1.29, 1.82) is 0 Å². The molecule has 2 heterocycles. The van der Waals surface area contributed by atoms with Crippen molar-refractivity contribution >= 4 is 23.2 Å². The molecule has 0 N–H and O–H groups in total. The maximum atomic E-state index is 12.5. The van der Waals surface area contributed by atoms with Crippen molar-refractivity contribution in [3.63, 3.8) is 0 Å². The molecule has 8 heteroatoms. The lowest BCUT2D eigenvalue weighted by Gasteiger charge is -2.20. The SMILES string of the molecule is CCCN(Cc1nnc(-c2cccs2)o1)C(=O)COC(=O)c1ccc(C)cc1. The van der Waals surface area contributed by atoms with Crippen LogP contribution in [0, 0.1) is 6.92 Å². The molecule has 0 fully saturated rings. The first-order valence-electron chi connectivity index (χ1n) is 8.94. The van der Waals surface area contributed by atoms with E-state index >= 15 is 0 Å². The number of hydrogen-bond acceptors (Lipinski definition) is 7. The van der Waals surface area contributed by atoms with Crippen LogP contribution in [-0.4, -0.2) is 40.1 Å². The van der Waals surface area contributed by atoms with E-state index in [-0.39, 0.29) is 19.1 Å². The Labute approximate surface area is 167 Å². The first-order chi connectivity index (χ1) is 13.6. The number of carbonyl (C=O) groups is 2. The van der Waals surface area contributed by atoms with Gasteiger partial charge in [-0.15, -0.1) is 21.5 Å². The van der Waals surface area contributed by atoms with E-state index in [4.69, 9.17) is 9.15 Å². The van der Waals surface area contributed by atoms with Crippen LogP contribution in [0.4, 0.5) is 0 Å². The number of aromatic nitrogens is 2. The molecule has 0 unspecified atom stereocenters. The molecule has 146 valence electrons. The van der Waals surface area contributed by atoms with E-state index in [2.05, 4.69) is 10.2 Å². The molecule has 0 saturated carbocycles. The second-order valence-electron chi connectivity index (χ2n) is 6.24. The van der Waals surface area contributed by atoms with Crippen molar-refractivity contribution in [3.05, 3.63) is 58.8 Å². The Hall–Kier alpha value is -3.00. The highest BCUT2D eigenvalue weighted by molar-refractivity contribution is 7.13. The molecular weight excluding hydrogens is 378 g/mol. The quantitative estimate of drug-likeness (QED) is 0.537. The zero-order chi connectivity index (χ0) is 19.9. The molecular formula is C20H21N3O4S. The van der Waals surface area contributed by atoms with Crippen LogP contribution in [0.2, 0.25) is 0 Å². The molecule has 7 nitrogen and oxygen atoms in total. The highest BCUT2D eigenvalue weighted by Gasteiger charge is 2.19. The summed E-state index contributed by atoms with van der Waals surface area (Å²) >= 11 is 1.50. The van der Waals surface area contributed by atoms with E-state index in [1.54, 1.807) is 17.0 Å². The van der Waals surface area contributed by atoms with E-state index in [0.717, 1.165) is 16.9 Å². The second-order valence-corrected chi connectivity index (χ2v) is 7.18. The van der Waals surface area contributed by atoms with Crippen LogP contribution < -0.4 is 0 Å². The summed E-state index contributed by atoms with van der Waals surface area (Å²) in [4.78, 5) is 27.0. The number of ether oxygens (including phenoxy) is 1. The monoisotopic (exact) mass is 399 g/mol. The standard InChI is InChI=1S/C20H21N3O4S/c1-3-10-23(12-17-21-22-19(27-17)16-5-4-11-28-16)18(24)13-26-20(25)15-8-6-14(2)7-9-15/h4-9,11H,3,10,12-13H2,1-2H3. The van der Waals surface area contributed by atoms with Crippen LogP contribution in [0.15, 0.2) is 46.2 Å². The highest BCUT2D eigenvalue weighted by Crippen LogP contribution is 2.23. The van der Waals surface area contributed by atoms with Crippen LogP contribution >= 0.6 is 11.3 Å². The first-order valence-corrected chi connectivity index (χ1v) is 9.82. The zero-order valence-corrected chi connectivity index (χ0v) is 16.6. The highest BCUT2D eigenvalue weighted by atomic mass is 32.1. The van der Waals surface area contributed by atoms with Gasteiger partial charge >= 0.3 is 5.97 Å². The predicted molar refractivity (Wildman–Crippen MR) is 105 cm³/mol. The molecule has 1 aromatic carbocycles. The second kappa shape index (κ2) is 9.27. The molecule has 0 aliphatic carbocycles. The Kier molecular flexibility index (Phi) is 6.54. The lowest BCUT2D eigenvalue weighted by atomic mass is 10.1. The summed E-state index contributed by atoms with van der Waals surface area (Å²) in [6, 6.07) is 10.8. The van der Waals surface area contributed by atoms with E-state index in [1.165, 1.54) is 11.3 Å². The van der Waals surface area contributed by atoms with Gasteiger partial charge in [-0.1, -0.05) is 30.7 Å². The van der Waals surface area contributed by atoms with Gasteiger partial charge in [0.15, 0.2) is 6.61 Å². The van der Waals surface area contributed by atoms with Crippen molar-refractivity contribution in [3.8, 4) is 10.8 Å². The smallest absolute Gasteiger partial charge is 0.338 e. The lowest BCUT2D eigenvalue weighted by Crippen LogP contribution is -2.35. The van der Waals surface area contributed by atoms with Crippen molar-refractivity contribution in [2.45, 2.75) is 26.8 Å². The zero-order valence-electron chi connectivity index (χ0n) is 15.8. The van der Waals surface area contributed by atoms with E-state index in [0.29, 0.717) is 23.9 Å². The van der Waals surface area contributed by atoms with E-state index < -0.39 is 5.97 Å². The summed E-state index contributed by atoms with van der Waals surface area (Å²) in [7, 11) is 0. The Morgan fingerprint density at radius 1 is 1.18 bits per heavy atom. The van der Waals surface area contributed by atoms with Gasteiger partial charge in [-0.05, 0) is 36.9 Å². The Morgan fingerprint density at radius 3 is 2.64 bits per heavy atom. The summed E-state index contributed by atoms with van der Waals surface area (Å²) in [5, 5.41) is 9.96. The maximum Gasteiger partial charge on any atom is 0.338 e. The third kappa shape index (κ3) is 5.04. The third-order valence-corrected chi connectivity index (χ3v) is 4.84. The fourth-order valence-electron chi connectivity index (χ4n) is 2.53. The van der Waals surface area contributed by atoms with Gasteiger partial charge in [0.2, 0.25) is 5.89 Å². The minimum atomic E-state index is -0.525. The number of hydrogen-bond donors (Lipinski definition) is 0. The van der Waals surface area contributed by atoms with Crippen LogP contribution in [0.1, 0.15) is 35.2 Å². The molecule has 0 radical (unpaired) electrons. The molecule has 3 rings (SSSR count). The summed E-state index contributed by atoms with van der Waals surface area (Å²) in [6.07, 6.45) is 0.754. The number of aryl methyl sites for hydroxylation is 1. The molecule has 0 aliphatic heterocycles. The minimum absolute atomic E-state index is 0.174. The van der Waals surface area contributed by atoms with Gasteiger partial charge in [0.05, 0.1) is 17.0 Å². The summed E-state index contributed by atoms with van der Waals surface area (Å²) in [6.45, 7) is 4.23. The molecule has 3 aromatic rings. The summed E-state index contributed by atoms with van der Waals surface area (Å²) < 4.78 is 10.8. The largest absolute Gasteiger partial charge is 0.452 e. The average molecular weight is 399 g/mol. The van der Waals surface area contributed by atoms with Crippen LogP contribution in [0.25, 0.3) is 10.8 Å². The van der Waals surface area contributed by atoms with Crippen LogP contribution in [-0.2, 0) is 16.1 Å². The number of carbonyl (C=O) groups excluding carboxylic acids is 2. The Morgan fingerprint density at radius 2 is 1.96 bits per heavy atom. The normalized spacial score (nSPS) is 10.6. The predicted octanol–water partition coefficient (Wildman–Crippen LogP) is 3.70. The van der Waals surface area contributed by atoms with E-state index in [9.17, 15) is 9.59 Å². The fourth-order valence-corrected chi connectivity index (χ4v) is 3.18. The third-order valence-electron chi connectivity index (χ3n) is 3.99. The number of esters is 1.